The molecule has 6 nitrogen and oxygen atoms in total. The summed E-state index contributed by atoms with van der Waals surface area (Å²) in [5, 5.41) is 11.2. The number of aliphatic hydroxyl groups is 1. The number of aryl methyl sites for hydroxylation is 1. The van der Waals surface area contributed by atoms with Gasteiger partial charge in [-0.15, -0.1) is 0 Å². The van der Waals surface area contributed by atoms with E-state index in [0.717, 1.165) is 5.69 Å². The van der Waals surface area contributed by atoms with Gasteiger partial charge in [0.2, 0.25) is 0 Å². The quantitative estimate of drug-likeness (QED) is 0.771. The minimum absolute atomic E-state index is 0.108. The number of aromatic nitrogens is 2. The second kappa shape index (κ2) is 5.34. The highest BCUT2D eigenvalue weighted by Crippen LogP contribution is 2.25. The molecule has 0 spiro atoms. The van der Waals surface area contributed by atoms with Crippen LogP contribution in [0.2, 0.25) is 0 Å². The summed E-state index contributed by atoms with van der Waals surface area (Å²) in [5.74, 6) is -0.214. The number of rotatable bonds is 4. The first-order valence-electron chi connectivity index (χ1n) is 6.23. The summed E-state index contributed by atoms with van der Waals surface area (Å²) in [6.07, 6.45) is 4.43. The van der Waals surface area contributed by atoms with Crippen LogP contribution < -0.4 is 5.56 Å². The van der Waals surface area contributed by atoms with Gasteiger partial charge in [0.1, 0.15) is 0 Å². The van der Waals surface area contributed by atoms with Crippen molar-refractivity contribution in [1.29, 1.82) is 0 Å². The summed E-state index contributed by atoms with van der Waals surface area (Å²) in [6.45, 7) is 1.45. The molecule has 0 fully saturated rings. The lowest BCUT2D eigenvalue weighted by Crippen LogP contribution is -2.30. The molecule has 2 rings (SSSR count). The van der Waals surface area contributed by atoms with E-state index in [2.05, 4.69) is 5.10 Å². The number of nitrogens with zero attached hydrogens (tertiary/aromatic N) is 1. The zero-order chi connectivity index (χ0) is 14.0. The number of aliphatic hydroxyl groups excluding tert-OH is 1. The van der Waals surface area contributed by atoms with Gasteiger partial charge in [-0.2, -0.15) is 0 Å². The van der Waals surface area contributed by atoms with Gasteiger partial charge in [0.25, 0.3) is 5.56 Å². The second-order valence-electron chi connectivity index (χ2n) is 4.81. The molecule has 1 heterocycles. The molecule has 19 heavy (non-hydrogen) atoms. The fourth-order valence-corrected chi connectivity index (χ4v) is 3.73. The topological polar surface area (TPSA) is 92.2 Å². The smallest absolute Gasteiger partial charge is 0.267 e. The van der Waals surface area contributed by atoms with E-state index < -0.39 is 15.1 Å². The molecule has 1 aromatic rings. The third-order valence-corrected chi connectivity index (χ3v) is 5.40. The van der Waals surface area contributed by atoms with Crippen LogP contribution in [0.15, 0.2) is 23.0 Å². The minimum atomic E-state index is -3.28. The first-order valence-corrected chi connectivity index (χ1v) is 7.94. The fraction of sp³-hybridized carbons (Fsp3) is 0.583. The SMILES string of the molecule is Cc1cc(=O)n([C@H]2C=C[C@@H](S(=O)(=O)CCO)CC2)[nH]1. The molecule has 1 aliphatic carbocycles. The van der Waals surface area contributed by atoms with Crippen LogP contribution in [0.1, 0.15) is 24.6 Å². The van der Waals surface area contributed by atoms with Crippen molar-refractivity contribution in [2.75, 3.05) is 12.4 Å². The first-order chi connectivity index (χ1) is 8.94. The summed E-state index contributed by atoms with van der Waals surface area (Å²) in [5.41, 5.74) is 0.678. The molecule has 2 atom stereocenters. The lowest BCUT2D eigenvalue weighted by molar-refractivity contribution is 0.319. The standard InChI is InChI=1S/C12H18N2O4S/c1-9-8-12(16)14(13-9)10-2-4-11(5-3-10)19(17,18)7-6-15/h2,4,8,10-11,13,15H,3,5-7H2,1H3/t10-,11+/m0/s1. The Bertz CT molecular complexity index is 626. The molecule has 2 N–H and O–H groups in total. The number of sulfone groups is 1. The van der Waals surface area contributed by atoms with Gasteiger partial charge in [0, 0.05) is 11.8 Å². The van der Waals surface area contributed by atoms with Crippen LogP contribution in [0.3, 0.4) is 0 Å². The monoisotopic (exact) mass is 286 g/mol. The third-order valence-electron chi connectivity index (χ3n) is 3.34. The van der Waals surface area contributed by atoms with E-state index in [0.29, 0.717) is 12.8 Å². The molecular weight excluding hydrogens is 268 g/mol. The molecule has 0 aliphatic heterocycles. The summed E-state index contributed by atoms with van der Waals surface area (Å²) in [6, 6.07) is 1.39. The van der Waals surface area contributed by atoms with Gasteiger partial charge in [-0.1, -0.05) is 12.2 Å². The largest absolute Gasteiger partial charge is 0.395 e. The number of aromatic amines is 1. The summed E-state index contributed by atoms with van der Waals surface area (Å²) < 4.78 is 25.1. The molecule has 106 valence electrons. The van der Waals surface area contributed by atoms with Gasteiger partial charge in [0.05, 0.1) is 23.7 Å². The van der Waals surface area contributed by atoms with E-state index in [-0.39, 0.29) is 24.0 Å². The zero-order valence-electron chi connectivity index (χ0n) is 10.7. The Hall–Kier alpha value is -1.34. The maximum absolute atomic E-state index is 11.8. The van der Waals surface area contributed by atoms with Crippen LogP contribution in [0, 0.1) is 6.92 Å². The number of allylic oxidation sites excluding steroid dienone is 1. The Morgan fingerprint density at radius 1 is 1.42 bits per heavy atom. The van der Waals surface area contributed by atoms with E-state index in [9.17, 15) is 13.2 Å². The van der Waals surface area contributed by atoms with Crippen LogP contribution in [0.25, 0.3) is 0 Å². The Balaban J connectivity index is 2.17. The average molecular weight is 286 g/mol. The molecule has 1 aromatic heterocycles. The normalized spacial score (nSPS) is 23.7. The molecule has 0 unspecified atom stereocenters. The van der Waals surface area contributed by atoms with E-state index in [4.69, 9.17) is 5.11 Å². The molecule has 0 amide bonds. The summed E-state index contributed by atoms with van der Waals surface area (Å²) in [4.78, 5) is 11.7. The van der Waals surface area contributed by atoms with Gasteiger partial charge in [-0.3, -0.25) is 9.89 Å². The number of hydrogen-bond acceptors (Lipinski definition) is 4. The number of nitrogens with one attached hydrogen (secondary N) is 1. The Labute approximate surface area is 111 Å². The molecule has 7 heteroatoms. The first kappa shape index (κ1) is 14.1. The highest BCUT2D eigenvalue weighted by molar-refractivity contribution is 7.92. The van der Waals surface area contributed by atoms with E-state index in [1.54, 1.807) is 19.1 Å². The predicted octanol–water partition coefficient (Wildman–Crippen LogP) is 0.152. The van der Waals surface area contributed by atoms with Crippen molar-refractivity contribution in [2.24, 2.45) is 0 Å². The molecule has 1 aliphatic rings. The van der Waals surface area contributed by atoms with Gasteiger partial charge < -0.3 is 5.11 Å². The van der Waals surface area contributed by atoms with Crippen molar-refractivity contribution in [3.8, 4) is 0 Å². The highest BCUT2D eigenvalue weighted by Gasteiger charge is 2.27. The number of H-pyrrole nitrogens is 1. The minimum Gasteiger partial charge on any atom is -0.395 e. The van der Waals surface area contributed by atoms with Crippen molar-refractivity contribution in [1.82, 2.24) is 9.78 Å². The maximum Gasteiger partial charge on any atom is 0.267 e. The van der Waals surface area contributed by atoms with Gasteiger partial charge in [-0.25, -0.2) is 13.1 Å². The molecule has 0 saturated heterocycles. The lowest BCUT2D eigenvalue weighted by Gasteiger charge is -2.23. The molecule has 0 bridgehead atoms. The van der Waals surface area contributed by atoms with Crippen molar-refractivity contribution in [3.63, 3.8) is 0 Å². The van der Waals surface area contributed by atoms with Crippen LogP contribution >= 0.6 is 0 Å². The van der Waals surface area contributed by atoms with E-state index >= 15 is 0 Å². The third kappa shape index (κ3) is 2.98. The van der Waals surface area contributed by atoms with Gasteiger partial charge in [0.15, 0.2) is 9.84 Å². The second-order valence-corrected chi connectivity index (χ2v) is 7.15. The molecular formula is C12H18N2O4S. The van der Waals surface area contributed by atoms with Crippen LogP contribution in [0.5, 0.6) is 0 Å². The van der Waals surface area contributed by atoms with Crippen molar-refractivity contribution >= 4 is 9.84 Å². The maximum atomic E-state index is 11.8. The van der Waals surface area contributed by atoms with E-state index in [1.807, 2.05) is 0 Å². The zero-order valence-corrected chi connectivity index (χ0v) is 11.6. The summed E-state index contributed by atoms with van der Waals surface area (Å²) in [7, 11) is -3.28. The molecule has 0 aromatic carbocycles. The van der Waals surface area contributed by atoms with Crippen molar-refractivity contribution in [2.45, 2.75) is 31.1 Å². The highest BCUT2D eigenvalue weighted by atomic mass is 32.2. The Morgan fingerprint density at radius 2 is 2.16 bits per heavy atom. The molecule has 0 saturated carbocycles. The Kier molecular flexibility index (Phi) is 3.96. The van der Waals surface area contributed by atoms with E-state index in [1.165, 1.54) is 10.7 Å². The van der Waals surface area contributed by atoms with Gasteiger partial charge >= 0.3 is 0 Å². The van der Waals surface area contributed by atoms with Crippen LogP contribution in [-0.2, 0) is 9.84 Å². The lowest BCUT2D eigenvalue weighted by atomic mass is 10.0. The number of hydrogen-bond donors (Lipinski definition) is 2. The van der Waals surface area contributed by atoms with Crippen LogP contribution in [-0.4, -0.2) is 40.9 Å². The van der Waals surface area contributed by atoms with Gasteiger partial charge in [-0.05, 0) is 19.8 Å². The van der Waals surface area contributed by atoms with Crippen molar-refractivity contribution in [3.05, 3.63) is 34.3 Å². The summed E-state index contributed by atoms with van der Waals surface area (Å²) >= 11 is 0. The fourth-order valence-electron chi connectivity index (χ4n) is 2.35. The predicted molar refractivity (Wildman–Crippen MR) is 71.9 cm³/mol. The average Bonchev–Trinajstić information content (AvgIpc) is 2.68. The molecule has 0 radical (unpaired) electrons. The Morgan fingerprint density at radius 3 is 2.63 bits per heavy atom. The van der Waals surface area contributed by atoms with Crippen molar-refractivity contribution < 1.29 is 13.5 Å². The van der Waals surface area contributed by atoms with Crippen LogP contribution in [0.4, 0.5) is 0 Å².